The van der Waals surface area contributed by atoms with Crippen LogP contribution >= 0.6 is 8.61 Å². The summed E-state index contributed by atoms with van der Waals surface area (Å²) in [6, 6.07) is -2.55. The van der Waals surface area contributed by atoms with Gasteiger partial charge < -0.3 is 60.6 Å². The lowest BCUT2D eigenvalue weighted by atomic mass is 9.97. The van der Waals surface area contributed by atoms with Crippen LogP contribution in [0.1, 0.15) is 193 Å². The largest absolute Gasteiger partial charge is 0.481 e. The summed E-state index contributed by atoms with van der Waals surface area (Å²) in [7, 11) is -0.466. The highest BCUT2D eigenvalue weighted by Gasteiger charge is 2.26. The molecule has 0 aliphatic rings. The smallest absolute Gasteiger partial charge is 0.326 e. The van der Waals surface area contributed by atoms with Gasteiger partial charge in [0.2, 0.25) is 29.5 Å². The van der Waals surface area contributed by atoms with Gasteiger partial charge in [0.05, 0.1) is 39.0 Å². The second-order valence-corrected chi connectivity index (χ2v) is 20.4. The van der Waals surface area contributed by atoms with Crippen molar-refractivity contribution >= 4 is 73.6 Å². The van der Waals surface area contributed by atoms with Crippen molar-refractivity contribution in [1.82, 2.24) is 26.4 Å². The highest BCUT2D eigenvalue weighted by Crippen LogP contribution is 2.17. The van der Waals surface area contributed by atoms with Gasteiger partial charge in [-0.3, -0.25) is 48.2 Å². The van der Waals surface area contributed by atoms with E-state index in [-0.39, 0.29) is 141 Å². The fourth-order valence-corrected chi connectivity index (χ4v) is 8.63. The molecule has 4 atom stereocenters. The molecule has 0 aromatic rings. The Kier molecular flexibility index (Phi) is 47.9. The monoisotopic (exact) mass is 1180 g/mol. The zero-order valence-electron chi connectivity index (χ0n) is 47.7. The molecule has 0 heterocycles. The number of rotatable bonds is 58. The van der Waals surface area contributed by atoms with E-state index in [0.29, 0.717) is 38.5 Å². The lowest BCUT2D eigenvalue weighted by molar-refractivity contribution is -0.145. The average Bonchev–Trinajstić information content (AvgIpc) is 3.41. The Morgan fingerprint density at radius 2 is 0.901 bits per heavy atom. The number of carbonyl (C=O) groups excluding carboxylic acids is 7. The van der Waals surface area contributed by atoms with Gasteiger partial charge in [-0.1, -0.05) is 90.4 Å². The molecular weight excluding hydrogens is 1080 g/mol. The molecule has 25 nitrogen and oxygen atoms in total. The molecule has 0 aliphatic carbocycles. The fraction of sp³-hybridized carbons (Fsp3) is 0.800. The fourth-order valence-electron chi connectivity index (χ4n) is 8.35. The summed E-state index contributed by atoms with van der Waals surface area (Å²) in [5.74, 6) is -9.11. The summed E-state index contributed by atoms with van der Waals surface area (Å²) in [4.78, 5) is 132. The Bertz CT molecular complexity index is 1860. The number of ketones is 2. The van der Waals surface area contributed by atoms with Crippen LogP contribution in [0.15, 0.2) is 0 Å². The Morgan fingerprint density at radius 3 is 1.44 bits per heavy atom. The Labute approximate surface area is 478 Å². The SMILES string of the molecule is CC[C@@H](CCCCNC(=O)CC[C@H](NC(=O)CC[C@H](CC(=O)COCCOCCNC(=O)COCCOCCCC(=O)CC[C@H](NC(=O)CCCCCCCCCCCCCCCCC(=O)O)C(=O)O)C(=O)O)C(=O)O)C(=O)NP=O. The molecule has 0 rings (SSSR count). The van der Waals surface area contributed by atoms with Crippen LogP contribution in [-0.2, 0) is 76.3 Å². The van der Waals surface area contributed by atoms with Gasteiger partial charge in [0, 0.05) is 70.6 Å². The van der Waals surface area contributed by atoms with Crippen molar-refractivity contribution < 1.29 is 96.7 Å². The number of unbranched alkanes of at least 4 members (excludes halogenated alkanes) is 14. The topological polar surface area (TPSA) is 383 Å². The molecule has 0 bridgehead atoms. The number of nitrogens with one attached hydrogen (secondary N) is 5. The summed E-state index contributed by atoms with van der Waals surface area (Å²) in [5.41, 5.74) is 0. The minimum atomic E-state index is -1.41. The standard InChI is InChI=1S/C55H94N5O20P/c1-2-41(52(69)60-81-76)20-17-18-30-56-47(63)29-27-46(55(74)75)59-49(65)28-24-42(53(70)71)38-44(62)39-79-36-35-78-33-31-57-50(66)40-80-37-34-77-32-19-21-43(61)25-26-45(54(72)73)58-48(64)22-15-13-11-9-7-5-3-4-6-8-10-12-14-16-23-51(67)68/h41-42,45-46H,2-40H2,1H3,(H,56,63)(H,57,66)(H,58,64)(H,59,65)(H,67,68)(H,70,71)(H,72,73)(H,74,75)(H,60,69,76)/t41-,42+,45-,46-/m0/s1. The van der Waals surface area contributed by atoms with E-state index in [1.54, 1.807) is 0 Å². The van der Waals surface area contributed by atoms with Crippen molar-refractivity contribution in [2.45, 2.75) is 205 Å². The van der Waals surface area contributed by atoms with Crippen LogP contribution in [0.2, 0.25) is 0 Å². The van der Waals surface area contributed by atoms with Gasteiger partial charge in [0.25, 0.3) is 8.61 Å². The van der Waals surface area contributed by atoms with Crippen molar-refractivity contribution in [2.24, 2.45) is 11.8 Å². The van der Waals surface area contributed by atoms with E-state index in [9.17, 15) is 72.6 Å². The molecule has 0 aliphatic heterocycles. The molecule has 0 aromatic heterocycles. The molecule has 0 unspecified atom stereocenters. The summed E-state index contributed by atoms with van der Waals surface area (Å²) in [6.07, 6.45) is 16.7. The van der Waals surface area contributed by atoms with Crippen LogP contribution in [0.25, 0.3) is 0 Å². The molecule has 0 saturated carbocycles. The molecular formula is C55H94N5O20P. The van der Waals surface area contributed by atoms with Crippen molar-refractivity contribution in [3.8, 4) is 0 Å². The zero-order valence-corrected chi connectivity index (χ0v) is 48.5. The minimum Gasteiger partial charge on any atom is -0.481 e. The van der Waals surface area contributed by atoms with Gasteiger partial charge in [-0.2, -0.15) is 0 Å². The van der Waals surface area contributed by atoms with Gasteiger partial charge in [-0.05, 0) is 57.8 Å². The van der Waals surface area contributed by atoms with E-state index >= 15 is 0 Å². The van der Waals surface area contributed by atoms with E-state index in [2.05, 4.69) is 26.4 Å². The maximum absolute atomic E-state index is 12.5. The Hall–Kier alpha value is -5.49. The minimum absolute atomic E-state index is 0.00291. The normalized spacial score (nSPS) is 12.6. The molecule has 464 valence electrons. The second-order valence-electron chi connectivity index (χ2n) is 20.0. The van der Waals surface area contributed by atoms with Crippen molar-refractivity contribution in [2.75, 3.05) is 65.9 Å². The number of carbonyl (C=O) groups is 11. The predicted molar refractivity (Wildman–Crippen MR) is 296 cm³/mol. The maximum atomic E-state index is 12.5. The highest BCUT2D eigenvalue weighted by molar-refractivity contribution is 7.22. The molecule has 0 fully saturated rings. The van der Waals surface area contributed by atoms with E-state index in [1.165, 1.54) is 32.1 Å². The molecule has 0 radical (unpaired) electrons. The highest BCUT2D eigenvalue weighted by atomic mass is 31.1. The third kappa shape index (κ3) is 46.8. The molecule has 81 heavy (non-hydrogen) atoms. The number of aliphatic carboxylic acids is 4. The third-order valence-electron chi connectivity index (χ3n) is 13.1. The van der Waals surface area contributed by atoms with Gasteiger partial charge in [0.1, 0.15) is 31.1 Å². The Morgan fingerprint density at radius 1 is 0.407 bits per heavy atom. The van der Waals surface area contributed by atoms with Crippen LogP contribution in [0.3, 0.4) is 0 Å². The van der Waals surface area contributed by atoms with Crippen LogP contribution in [0.4, 0.5) is 0 Å². The molecule has 26 heteroatoms. The average molecular weight is 1180 g/mol. The van der Waals surface area contributed by atoms with Gasteiger partial charge in [-0.25, -0.2) is 14.2 Å². The number of amides is 5. The predicted octanol–water partition coefficient (Wildman–Crippen LogP) is 5.62. The van der Waals surface area contributed by atoms with E-state index in [4.69, 9.17) is 24.1 Å². The molecule has 0 spiro atoms. The van der Waals surface area contributed by atoms with Crippen molar-refractivity contribution in [1.29, 1.82) is 0 Å². The van der Waals surface area contributed by atoms with Gasteiger partial charge in [0.15, 0.2) is 5.78 Å². The number of ether oxygens (including phenoxy) is 4. The van der Waals surface area contributed by atoms with Crippen molar-refractivity contribution in [3.05, 3.63) is 0 Å². The van der Waals surface area contributed by atoms with Crippen LogP contribution in [-0.4, -0.2) is 163 Å². The van der Waals surface area contributed by atoms with Gasteiger partial charge in [-0.15, -0.1) is 0 Å². The van der Waals surface area contributed by atoms with E-state index in [1.807, 2.05) is 6.92 Å². The van der Waals surface area contributed by atoms with E-state index < -0.39 is 87.0 Å². The third-order valence-corrected chi connectivity index (χ3v) is 13.4. The number of Topliss-reactive ketones (excluding diaryl/α,β-unsaturated/α-hetero) is 2. The zero-order chi connectivity index (χ0) is 60.3. The van der Waals surface area contributed by atoms with Crippen LogP contribution in [0.5, 0.6) is 0 Å². The second kappa shape index (κ2) is 51.4. The molecule has 0 saturated heterocycles. The number of carboxylic acid groups (broad SMARTS) is 4. The first-order valence-electron chi connectivity index (χ1n) is 28.9. The molecule has 5 amide bonds. The molecule has 0 aromatic carbocycles. The van der Waals surface area contributed by atoms with Crippen molar-refractivity contribution in [3.63, 3.8) is 0 Å². The lowest BCUT2D eigenvalue weighted by Gasteiger charge is -2.16. The van der Waals surface area contributed by atoms with E-state index in [0.717, 1.165) is 51.4 Å². The lowest BCUT2D eigenvalue weighted by Crippen LogP contribution is -2.42. The first kappa shape index (κ1) is 75.5. The summed E-state index contributed by atoms with van der Waals surface area (Å²) in [5, 5.41) is 49.7. The summed E-state index contributed by atoms with van der Waals surface area (Å²) >= 11 is 0. The first-order chi connectivity index (χ1) is 38.9. The maximum Gasteiger partial charge on any atom is 0.326 e. The number of hydrogen-bond donors (Lipinski definition) is 9. The van der Waals surface area contributed by atoms with Crippen LogP contribution < -0.4 is 26.4 Å². The summed E-state index contributed by atoms with van der Waals surface area (Å²) < 4.78 is 32.0. The first-order valence-corrected chi connectivity index (χ1v) is 29.7. The Balaban J connectivity index is 3.99. The molecule has 9 N–H and O–H groups in total. The quantitative estimate of drug-likeness (QED) is 0.0263. The van der Waals surface area contributed by atoms with Gasteiger partial charge >= 0.3 is 23.9 Å². The number of carboxylic acids is 4. The number of hydrogen-bond acceptors (Lipinski definition) is 16. The van der Waals surface area contributed by atoms with Crippen LogP contribution in [0, 0.1) is 11.8 Å². The summed E-state index contributed by atoms with van der Waals surface area (Å²) in [6.45, 7) is 2.36.